The zero-order valence-electron chi connectivity index (χ0n) is 13.7. The smallest absolute Gasteiger partial charge is 0.331 e. The number of nitrogens with one attached hydrogen (secondary N) is 1. The Morgan fingerprint density at radius 3 is 2.54 bits per heavy atom. The fourth-order valence-corrected chi connectivity index (χ4v) is 2.18. The van der Waals surface area contributed by atoms with Crippen molar-refractivity contribution in [2.24, 2.45) is 7.05 Å². The highest BCUT2D eigenvalue weighted by Gasteiger charge is 2.13. The normalized spacial score (nSPS) is 10.8. The van der Waals surface area contributed by atoms with Gasteiger partial charge in [0.1, 0.15) is 0 Å². The van der Waals surface area contributed by atoms with Gasteiger partial charge in [-0.05, 0) is 37.6 Å². The van der Waals surface area contributed by atoms with Gasteiger partial charge in [0.15, 0.2) is 6.61 Å². The molecule has 0 saturated carbocycles. The van der Waals surface area contributed by atoms with Crippen molar-refractivity contribution in [3.63, 3.8) is 0 Å². The summed E-state index contributed by atoms with van der Waals surface area (Å²) in [6, 6.07) is 6.98. The molecule has 1 N–H and O–H groups in total. The molecule has 0 fully saturated rings. The number of amides is 1. The lowest BCUT2D eigenvalue weighted by molar-refractivity contribution is -0.142. The lowest BCUT2D eigenvalue weighted by Crippen LogP contribution is -2.20. The Bertz CT molecular complexity index is 779. The average Bonchev–Trinajstić information content (AvgIpc) is 2.78. The number of ether oxygens (including phenoxy) is 1. The number of rotatable bonds is 5. The fourth-order valence-electron chi connectivity index (χ4n) is 2.05. The summed E-state index contributed by atoms with van der Waals surface area (Å²) in [5.74, 6) is -1.01. The van der Waals surface area contributed by atoms with Crippen LogP contribution < -0.4 is 5.32 Å². The van der Waals surface area contributed by atoms with E-state index in [4.69, 9.17) is 16.3 Å². The van der Waals surface area contributed by atoms with E-state index in [0.717, 1.165) is 11.3 Å². The molecule has 1 amide bonds. The Balaban J connectivity index is 1.85. The number of hydrogen-bond acceptors (Lipinski definition) is 4. The van der Waals surface area contributed by atoms with Crippen molar-refractivity contribution in [1.29, 1.82) is 0 Å². The van der Waals surface area contributed by atoms with Crippen LogP contribution >= 0.6 is 11.6 Å². The van der Waals surface area contributed by atoms with Gasteiger partial charge in [-0.2, -0.15) is 5.10 Å². The Morgan fingerprint density at radius 2 is 1.96 bits per heavy atom. The number of aromatic nitrogens is 2. The highest BCUT2D eigenvalue weighted by Crippen LogP contribution is 2.18. The summed E-state index contributed by atoms with van der Waals surface area (Å²) in [5.41, 5.74) is 2.98. The third kappa shape index (κ3) is 4.70. The van der Waals surface area contributed by atoms with E-state index in [9.17, 15) is 9.59 Å². The zero-order chi connectivity index (χ0) is 17.7. The number of carbonyl (C=O) groups is 2. The van der Waals surface area contributed by atoms with Crippen LogP contribution in [0.4, 0.5) is 5.69 Å². The van der Waals surface area contributed by atoms with Crippen LogP contribution in [-0.2, 0) is 21.4 Å². The predicted molar refractivity (Wildman–Crippen MR) is 92.8 cm³/mol. The topological polar surface area (TPSA) is 73.2 Å². The van der Waals surface area contributed by atoms with E-state index in [1.807, 2.05) is 6.92 Å². The molecule has 6 nitrogen and oxygen atoms in total. The number of benzene rings is 1. The van der Waals surface area contributed by atoms with E-state index >= 15 is 0 Å². The molecule has 2 aromatic rings. The first kappa shape index (κ1) is 17.7. The molecule has 0 spiro atoms. The molecule has 7 heteroatoms. The van der Waals surface area contributed by atoms with Crippen LogP contribution in [0.3, 0.4) is 0 Å². The van der Waals surface area contributed by atoms with Gasteiger partial charge in [-0.3, -0.25) is 9.48 Å². The first-order valence-corrected chi connectivity index (χ1v) is 7.65. The molecule has 2 rings (SSSR count). The zero-order valence-corrected chi connectivity index (χ0v) is 14.4. The number of aryl methyl sites for hydroxylation is 2. The van der Waals surface area contributed by atoms with Gasteiger partial charge in [0.2, 0.25) is 0 Å². The number of anilines is 1. The number of nitrogens with zero attached hydrogens (tertiary/aromatic N) is 2. The van der Waals surface area contributed by atoms with E-state index < -0.39 is 11.9 Å². The highest BCUT2D eigenvalue weighted by molar-refractivity contribution is 6.30. The average molecular weight is 348 g/mol. The molecule has 24 heavy (non-hydrogen) atoms. The van der Waals surface area contributed by atoms with Gasteiger partial charge in [0, 0.05) is 18.1 Å². The molecule has 1 heterocycles. The number of halogens is 1. The lowest BCUT2D eigenvalue weighted by Gasteiger charge is -2.05. The standard InChI is InChI=1S/C17H18ClN3O3/c1-11-17(12(2)21(3)20-11)19-15(22)10-24-16(23)9-6-13-4-7-14(18)8-5-13/h4-9H,10H2,1-3H3,(H,19,22)/b9-6+. The Morgan fingerprint density at radius 1 is 1.29 bits per heavy atom. The Kier molecular flexibility index (Phi) is 5.76. The Hall–Kier alpha value is -2.60. The summed E-state index contributed by atoms with van der Waals surface area (Å²) in [6.45, 7) is 3.28. The van der Waals surface area contributed by atoms with Crippen molar-refractivity contribution in [2.45, 2.75) is 13.8 Å². The minimum Gasteiger partial charge on any atom is -0.452 e. The molecule has 0 radical (unpaired) electrons. The summed E-state index contributed by atoms with van der Waals surface area (Å²) in [6.07, 6.45) is 2.85. The van der Waals surface area contributed by atoms with Gasteiger partial charge in [-0.1, -0.05) is 23.7 Å². The molecule has 0 aliphatic rings. The van der Waals surface area contributed by atoms with Crippen LogP contribution in [0.15, 0.2) is 30.3 Å². The van der Waals surface area contributed by atoms with Crippen molar-refractivity contribution in [2.75, 3.05) is 11.9 Å². The molecule has 0 saturated heterocycles. The Labute approximate surface area is 145 Å². The maximum Gasteiger partial charge on any atom is 0.331 e. The first-order chi connectivity index (χ1) is 11.4. The minimum atomic E-state index is -0.597. The van der Waals surface area contributed by atoms with Crippen molar-refractivity contribution < 1.29 is 14.3 Å². The third-order valence-corrected chi connectivity index (χ3v) is 3.65. The number of carbonyl (C=O) groups excluding carboxylic acids is 2. The maximum atomic E-state index is 11.9. The number of esters is 1. The summed E-state index contributed by atoms with van der Waals surface area (Å²) in [4.78, 5) is 23.5. The highest BCUT2D eigenvalue weighted by atomic mass is 35.5. The SMILES string of the molecule is Cc1nn(C)c(C)c1NC(=O)COC(=O)/C=C/c1ccc(Cl)cc1. The summed E-state index contributed by atoms with van der Waals surface area (Å²) in [7, 11) is 1.79. The largest absolute Gasteiger partial charge is 0.452 e. The summed E-state index contributed by atoms with van der Waals surface area (Å²) in [5, 5.41) is 7.52. The van der Waals surface area contributed by atoms with Crippen molar-refractivity contribution in [3.8, 4) is 0 Å². The van der Waals surface area contributed by atoms with Crippen LogP contribution in [0.5, 0.6) is 0 Å². The van der Waals surface area contributed by atoms with Crippen molar-refractivity contribution >= 4 is 35.2 Å². The third-order valence-electron chi connectivity index (χ3n) is 3.40. The molecule has 0 unspecified atom stereocenters. The quantitative estimate of drug-likeness (QED) is 0.666. The van der Waals surface area contributed by atoms with Crippen LogP contribution in [0.25, 0.3) is 6.08 Å². The molecule has 126 valence electrons. The monoisotopic (exact) mass is 347 g/mol. The number of hydrogen-bond donors (Lipinski definition) is 1. The van der Waals surface area contributed by atoms with Crippen LogP contribution in [0, 0.1) is 13.8 Å². The fraction of sp³-hybridized carbons (Fsp3) is 0.235. The van der Waals surface area contributed by atoms with Gasteiger partial charge in [0.05, 0.1) is 17.1 Å². The van der Waals surface area contributed by atoms with Gasteiger partial charge in [-0.25, -0.2) is 4.79 Å². The summed E-state index contributed by atoms with van der Waals surface area (Å²) < 4.78 is 6.59. The van der Waals surface area contributed by atoms with Gasteiger partial charge < -0.3 is 10.1 Å². The van der Waals surface area contributed by atoms with E-state index in [0.29, 0.717) is 16.4 Å². The second kappa shape index (κ2) is 7.79. The second-order valence-corrected chi connectivity index (χ2v) is 5.65. The van der Waals surface area contributed by atoms with Crippen molar-refractivity contribution in [1.82, 2.24) is 9.78 Å². The van der Waals surface area contributed by atoms with Gasteiger partial charge in [-0.15, -0.1) is 0 Å². The van der Waals surface area contributed by atoms with Crippen LogP contribution in [0.2, 0.25) is 5.02 Å². The molecule has 1 aromatic carbocycles. The van der Waals surface area contributed by atoms with Crippen molar-refractivity contribution in [3.05, 3.63) is 52.3 Å². The second-order valence-electron chi connectivity index (χ2n) is 5.21. The molecule has 0 aliphatic carbocycles. The van der Waals surface area contributed by atoms with Crippen LogP contribution in [-0.4, -0.2) is 28.3 Å². The minimum absolute atomic E-state index is 0.364. The van der Waals surface area contributed by atoms with Gasteiger partial charge >= 0.3 is 5.97 Å². The molecule has 0 bridgehead atoms. The molecule has 1 aromatic heterocycles. The molecule has 0 atom stereocenters. The molecule has 0 aliphatic heterocycles. The molecular weight excluding hydrogens is 330 g/mol. The van der Waals surface area contributed by atoms with Gasteiger partial charge in [0.25, 0.3) is 5.91 Å². The summed E-state index contributed by atoms with van der Waals surface area (Å²) >= 11 is 5.78. The predicted octanol–water partition coefficient (Wildman–Crippen LogP) is 2.89. The molecular formula is C17H18ClN3O3. The van der Waals surface area contributed by atoms with Crippen LogP contribution in [0.1, 0.15) is 17.0 Å². The first-order valence-electron chi connectivity index (χ1n) is 7.27. The maximum absolute atomic E-state index is 11.9. The van der Waals surface area contributed by atoms with E-state index in [2.05, 4.69) is 10.4 Å². The van der Waals surface area contributed by atoms with E-state index in [1.165, 1.54) is 6.08 Å². The lowest BCUT2D eigenvalue weighted by atomic mass is 10.2. The van der Waals surface area contributed by atoms with E-state index in [-0.39, 0.29) is 6.61 Å². The van der Waals surface area contributed by atoms with E-state index in [1.54, 1.807) is 49.0 Å².